The number of aromatic nitrogens is 2. The summed E-state index contributed by atoms with van der Waals surface area (Å²) in [5.74, 6) is 0.749. The quantitative estimate of drug-likeness (QED) is 0.400. The molecule has 1 aromatic carbocycles. The van der Waals surface area contributed by atoms with E-state index in [2.05, 4.69) is 63.0 Å². The number of aryl methyl sites for hydroxylation is 1. The zero-order valence-electron chi connectivity index (χ0n) is 17.4. The highest BCUT2D eigenvalue weighted by molar-refractivity contribution is 5.80. The Labute approximate surface area is 178 Å². The van der Waals surface area contributed by atoms with Crippen LogP contribution in [-0.2, 0) is 18.5 Å². The molecule has 0 amide bonds. The van der Waals surface area contributed by atoms with E-state index >= 15 is 0 Å². The van der Waals surface area contributed by atoms with Crippen molar-refractivity contribution in [3.8, 4) is 5.75 Å². The van der Waals surface area contributed by atoms with Crippen LogP contribution in [0.15, 0.2) is 36.9 Å². The van der Waals surface area contributed by atoms with Crippen LogP contribution >= 0.6 is 0 Å². The van der Waals surface area contributed by atoms with E-state index in [4.69, 9.17) is 9.88 Å². The van der Waals surface area contributed by atoms with Gasteiger partial charge in [0.25, 0.3) is 0 Å². The first-order chi connectivity index (χ1) is 12.7. The Hall–Kier alpha value is -1.63. The number of halogens is 1. The summed E-state index contributed by atoms with van der Waals surface area (Å²) in [6.45, 7) is 8.86. The maximum absolute atomic E-state index is 5.88. The van der Waals surface area contributed by atoms with E-state index in [0.717, 1.165) is 25.0 Å². The number of imidazole rings is 1. The maximum atomic E-state index is 5.88. The third-order valence-electron chi connectivity index (χ3n) is 5.79. The van der Waals surface area contributed by atoms with Crippen LogP contribution in [0.2, 0.25) is 0 Å². The van der Waals surface area contributed by atoms with Crippen molar-refractivity contribution in [1.29, 1.82) is 0 Å². The molecule has 0 radical (unpaired) electrons. The second-order valence-corrected chi connectivity index (χ2v) is 9.09. The second kappa shape index (κ2) is 7.65. The minimum Gasteiger partial charge on any atom is -1.00 e. The molecule has 2 aromatic rings. The topological polar surface area (TPSA) is 30.5 Å². The Morgan fingerprint density at radius 2 is 1.79 bits per heavy atom. The monoisotopic (exact) mass is 447 g/mol. The van der Waals surface area contributed by atoms with Gasteiger partial charge in [-0.1, -0.05) is 11.1 Å². The third-order valence-corrected chi connectivity index (χ3v) is 5.79. The van der Waals surface area contributed by atoms with E-state index in [1.807, 2.05) is 28.9 Å². The van der Waals surface area contributed by atoms with Crippen molar-refractivity contribution < 1.29 is 31.4 Å². The molecule has 1 fully saturated rings. The molecule has 28 heavy (non-hydrogen) atoms. The van der Waals surface area contributed by atoms with Gasteiger partial charge in [0.1, 0.15) is 18.1 Å². The van der Waals surface area contributed by atoms with Crippen LogP contribution < -0.4 is 26.4 Å². The Morgan fingerprint density at radius 3 is 2.43 bits per heavy atom. The lowest BCUT2D eigenvalue weighted by atomic mass is 9.82. The first kappa shape index (κ1) is 21.1. The van der Waals surface area contributed by atoms with Crippen LogP contribution in [0.25, 0.3) is 11.8 Å². The molecule has 4 rings (SSSR count). The van der Waals surface area contributed by atoms with Crippen LogP contribution in [0.4, 0.5) is 0 Å². The lowest BCUT2D eigenvalue weighted by molar-refractivity contribution is -0.670. The first-order valence-corrected chi connectivity index (χ1v) is 9.77. The van der Waals surface area contributed by atoms with Gasteiger partial charge < -0.3 is 21.9 Å². The van der Waals surface area contributed by atoms with E-state index < -0.39 is 0 Å². The van der Waals surface area contributed by atoms with Crippen molar-refractivity contribution in [2.45, 2.75) is 64.5 Å². The molecule has 2 aliphatic rings. The summed E-state index contributed by atoms with van der Waals surface area (Å²) < 4.78 is 4.21. The molecule has 0 bridgehead atoms. The number of piperidine rings is 1. The van der Waals surface area contributed by atoms with Gasteiger partial charge in [0.15, 0.2) is 5.75 Å². The molecular formula is C22H30BrN3O2. The Balaban J connectivity index is 0.00000225. The van der Waals surface area contributed by atoms with Crippen molar-refractivity contribution in [2.24, 2.45) is 7.05 Å². The van der Waals surface area contributed by atoms with Crippen molar-refractivity contribution in [1.82, 2.24) is 9.63 Å². The van der Waals surface area contributed by atoms with Crippen LogP contribution in [-0.4, -0.2) is 20.7 Å². The molecule has 1 aromatic heterocycles. The van der Waals surface area contributed by atoms with E-state index in [0.29, 0.717) is 0 Å². The average Bonchev–Trinajstić information content (AvgIpc) is 3.18. The molecule has 0 N–H and O–H groups in total. The average molecular weight is 448 g/mol. The number of rotatable bonds is 4. The van der Waals surface area contributed by atoms with Gasteiger partial charge in [0.2, 0.25) is 6.33 Å². The van der Waals surface area contributed by atoms with Crippen molar-refractivity contribution in [3.05, 3.63) is 48.0 Å². The molecule has 152 valence electrons. The minimum atomic E-state index is -0.0445. The fraction of sp³-hybridized carbons (Fsp3) is 0.500. The largest absolute Gasteiger partial charge is 1.00 e. The predicted molar refractivity (Wildman–Crippen MR) is 105 cm³/mol. The van der Waals surface area contributed by atoms with Crippen LogP contribution in [0.1, 0.15) is 58.1 Å². The highest BCUT2D eigenvalue weighted by atomic mass is 79.9. The number of benzene rings is 1. The van der Waals surface area contributed by atoms with Crippen LogP contribution in [0, 0.1) is 0 Å². The highest BCUT2D eigenvalue weighted by Gasteiger charge is 2.43. The van der Waals surface area contributed by atoms with Gasteiger partial charge in [0, 0.05) is 17.5 Å². The molecule has 5 nitrogen and oxygen atoms in total. The van der Waals surface area contributed by atoms with Gasteiger partial charge >= 0.3 is 0 Å². The Bertz CT molecular complexity index is 870. The molecular weight excluding hydrogens is 418 g/mol. The standard InChI is InChI=1S/C22H30N3O2.BrH/c1-21(2)9-6-10-22(3,4)25(21)27-26-20-8-7-17-13-19(14-18(17)15-20)24-12-11-23(5)16-24;/h7-8,11-13,15-16H,6,9-10,14H2,1-5H3;1H/q+1;/p-1. The zero-order chi connectivity index (χ0) is 19.2. The van der Waals surface area contributed by atoms with E-state index in [1.165, 1.54) is 23.2 Å². The van der Waals surface area contributed by atoms with Gasteiger partial charge in [-0.2, -0.15) is 0 Å². The summed E-state index contributed by atoms with van der Waals surface area (Å²) in [5.41, 5.74) is 3.68. The molecule has 0 spiro atoms. The zero-order valence-corrected chi connectivity index (χ0v) is 19.0. The number of hydrogen-bond donors (Lipinski definition) is 0. The summed E-state index contributed by atoms with van der Waals surface area (Å²) in [6, 6.07) is 6.18. The molecule has 6 heteroatoms. The van der Waals surface area contributed by atoms with Crippen LogP contribution in [0.3, 0.4) is 0 Å². The molecule has 2 heterocycles. The van der Waals surface area contributed by atoms with E-state index in [9.17, 15) is 0 Å². The van der Waals surface area contributed by atoms with Gasteiger partial charge in [0.05, 0.1) is 7.05 Å². The summed E-state index contributed by atoms with van der Waals surface area (Å²) in [4.78, 5) is 11.7. The number of fused-ring (bicyclic) bond motifs is 1. The Morgan fingerprint density at radius 1 is 1.07 bits per heavy atom. The maximum Gasteiger partial charge on any atom is 0.248 e. The first-order valence-electron chi connectivity index (χ1n) is 9.77. The third kappa shape index (κ3) is 4.04. The number of nitrogens with zero attached hydrogens (tertiary/aromatic N) is 3. The number of hydrogen-bond acceptors (Lipinski definition) is 3. The highest BCUT2D eigenvalue weighted by Crippen LogP contribution is 2.39. The van der Waals surface area contributed by atoms with Gasteiger partial charge in [-0.05, 0) is 76.3 Å². The Kier molecular flexibility index (Phi) is 5.76. The fourth-order valence-electron chi connectivity index (χ4n) is 4.40. The van der Waals surface area contributed by atoms with E-state index in [1.54, 1.807) is 0 Å². The predicted octanol–water partition coefficient (Wildman–Crippen LogP) is 1.14. The van der Waals surface area contributed by atoms with Gasteiger partial charge in [-0.3, -0.25) is 0 Å². The summed E-state index contributed by atoms with van der Waals surface area (Å²) in [7, 11) is 2.03. The van der Waals surface area contributed by atoms with Crippen molar-refractivity contribution in [2.75, 3.05) is 0 Å². The molecule has 0 unspecified atom stereocenters. The lowest BCUT2D eigenvalue weighted by Crippen LogP contribution is -3.00. The second-order valence-electron chi connectivity index (χ2n) is 9.09. The minimum absolute atomic E-state index is 0. The normalized spacial score (nSPS) is 20.2. The van der Waals surface area contributed by atoms with Crippen LogP contribution in [0.5, 0.6) is 5.75 Å². The summed E-state index contributed by atoms with van der Waals surface area (Å²) in [5, 5.41) is 2.03. The summed E-state index contributed by atoms with van der Waals surface area (Å²) in [6.07, 6.45) is 12.8. The van der Waals surface area contributed by atoms with Gasteiger partial charge in [-0.25, -0.2) is 9.13 Å². The molecule has 1 aliphatic carbocycles. The van der Waals surface area contributed by atoms with E-state index in [-0.39, 0.29) is 28.1 Å². The molecule has 1 saturated heterocycles. The number of hydroxylamine groups is 2. The number of allylic oxidation sites excluding steroid dienone is 1. The van der Waals surface area contributed by atoms with Gasteiger partial charge in [-0.15, -0.1) is 5.06 Å². The molecule has 1 aliphatic heterocycles. The van der Waals surface area contributed by atoms with Crippen molar-refractivity contribution >= 4 is 11.8 Å². The molecule has 0 atom stereocenters. The SMILES string of the molecule is C[n+]1ccn(C2=Cc3ccc(OON4C(C)(C)CCCC4(C)C)cc3C2)c1.[Br-]. The smallest absolute Gasteiger partial charge is 0.248 e. The fourth-order valence-corrected chi connectivity index (χ4v) is 4.40. The molecule has 0 saturated carbocycles. The lowest BCUT2D eigenvalue weighted by Gasteiger charge is -2.49. The summed E-state index contributed by atoms with van der Waals surface area (Å²) >= 11 is 0. The van der Waals surface area contributed by atoms with Crippen molar-refractivity contribution in [3.63, 3.8) is 0 Å².